The van der Waals surface area contributed by atoms with Crippen LogP contribution in [-0.2, 0) is 9.63 Å². The van der Waals surface area contributed by atoms with E-state index in [9.17, 15) is 9.59 Å². The first-order valence-electron chi connectivity index (χ1n) is 7.14. The van der Waals surface area contributed by atoms with Crippen molar-refractivity contribution in [3.8, 4) is 0 Å². The summed E-state index contributed by atoms with van der Waals surface area (Å²) >= 11 is 2.90. The molecule has 2 amide bonds. The number of carbonyl (C=O) groups excluding carboxylic acids is 2. The van der Waals surface area contributed by atoms with E-state index < -0.39 is 6.04 Å². The van der Waals surface area contributed by atoms with E-state index in [4.69, 9.17) is 9.25 Å². The molecule has 2 aromatic heterocycles. The van der Waals surface area contributed by atoms with Crippen LogP contribution in [0.3, 0.4) is 0 Å². The van der Waals surface area contributed by atoms with Gasteiger partial charge in [0.2, 0.25) is 0 Å². The van der Waals surface area contributed by atoms with Crippen LogP contribution in [0.25, 0.3) is 0 Å². The van der Waals surface area contributed by atoms with Crippen molar-refractivity contribution in [2.24, 2.45) is 0 Å². The Morgan fingerprint density at radius 3 is 3.00 bits per heavy atom. The van der Waals surface area contributed by atoms with Gasteiger partial charge in [-0.15, -0.1) is 23.1 Å². The number of furan rings is 1. The Morgan fingerprint density at radius 1 is 1.48 bits per heavy atom. The highest BCUT2D eigenvalue weighted by molar-refractivity contribution is 7.99. The van der Waals surface area contributed by atoms with Gasteiger partial charge in [0.15, 0.2) is 0 Å². The molecule has 3 heterocycles. The van der Waals surface area contributed by atoms with Crippen molar-refractivity contribution in [1.82, 2.24) is 10.4 Å². The molecule has 1 aliphatic heterocycles. The van der Waals surface area contributed by atoms with Gasteiger partial charge in [0.05, 0.1) is 24.0 Å². The van der Waals surface area contributed by atoms with Crippen molar-refractivity contribution in [2.45, 2.75) is 18.3 Å². The summed E-state index contributed by atoms with van der Waals surface area (Å²) in [5, 5.41) is 1.60. The fourth-order valence-electron chi connectivity index (χ4n) is 2.37. The van der Waals surface area contributed by atoms with Gasteiger partial charge in [-0.3, -0.25) is 14.4 Å². The summed E-state index contributed by atoms with van der Waals surface area (Å²) in [4.78, 5) is 32.4. The molecule has 1 saturated heterocycles. The zero-order valence-electron chi connectivity index (χ0n) is 12.4. The van der Waals surface area contributed by atoms with Crippen LogP contribution in [0.2, 0.25) is 0 Å². The molecule has 0 spiro atoms. The van der Waals surface area contributed by atoms with Gasteiger partial charge in [0.1, 0.15) is 11.4 Å². The first-order valence-corrected chi connectivity index (χ1v) is 9.06. The first-order chi connectivity index (χ1) is 11.2. The quantitative estimate of drug-likeness (QED) is 0.838. The van der Waals surface area contributed by atoms with Crippen LogP contribution in [-0.4, -0.2) is 35.1 Å². The Balaban J connectivity index is 1.87. The summed E-state index contributed by atoms with van der Waals surface area (Å²) in [6, 6.07) is 4.82. The minimum atomic E-state index is -0.582. The lowest BCUT2D eigenvalue weighted by atomic mass is 10.2. The van der Waals surface area contributed by atoms with Gasteiger partial charge in [0.25, 0.3) is 11.8 Å². The second-order valence-corrected chi connectivity index (χ2v) is 6.91. The van der Waals surface area contributed by atoms with Crippen molar-refractivity contribution in [3.63, 3.8) is 0 Å². The van der Waals surface area contributed by atoms with Crippen molar-refractivity contribution in [1.29, 1.82) is 0 Å². The molecule has 0 bridgehead atoms. The molecule has 23 heavy (non-hydrogen) atoms. The van der Waals surface area contributed by atoms with Crippen LogP contribution < -0.4 is 5.48 Å². The van der Waals surface area contributed by atoms with E-state index in [2.05, 4.69) is 5.48 Å². The average Bonchev–Trinajstić information content (AvgIpc) is 3.32. The van der Waals surface area contributed by atoms with E-state index >= 15 is 0 Å². The second kappa shape index (κ2) is 7.20. The molecule has 0 aliphatic carbocycles. The third-order valence-corrected chi connectivity index (χ3v) is 5.60. The fraction of sp³-hybridized carbons (Fsp3) is 0.333. The normalized spacial score (nSPS) is 20.7. The number of thiophene rings is 1. The number of carbonyl (C=O) groups is 2. The standard InChI is InChI=1S/C15H16N2O4S2/c1-2-21-16-13(18)11-9-23-15(10-5-6-20-8-10)17(11)14(19)12-4-3-7-22-12/h3-8,11,15H,2,9H2,1H3,(H,16,18). The number of amides is 2. The van der Waals surface area contributed by atoms with E-state index in [1.807, 2.05) is 17.5 Å². The summed E-state index contributed by atoms with van der Waals surface area (Å²) in [6.45, 7) is 2.15. The van der Waals surface area contributed by atoms with E-state index in [1.54, 1.807) is 30.4 Å². The Morgan fingerprint density at radius 2 is 2.35 bits per heavy atom. The third kappa shape index (κ3) is 3.29. The predicted octanol–water partition coefficient (Wildman–Crippen LogP) is 2.67. The highest BCUT2D eigenvalue weighted by Gasteiger charge is 2.43. The molecule has 0 saturated carbocycles. The minimum absolute atomic E-state index is 0.159. The molecule has 8 heteroatoms. The van der Waals surface area contributed by atoms with E-state index in [1.165, 1.54) is 23.1 Å². The molecule has 2 unspecified atom stereocenters. The van der Waals surface area contributed by atoms with Crippen LogP contribution in [0.4, 0.5) is 0 Å². The first kappa shape index (κ1) is 16.1. The van der Waals surface area contributed by atoms with Crippen LogP contribution >= 0.6 is 23.1 Å². The van der Waals surface area contributed by atoms with Gasteiger partial charge in [-0.1, -0.05) is 6.07 Å². The van der Waals surface area contributed by atoms with Crippen molar-refractivity contribution in [2.75, 3.05) is 12.4 Å². The zero-order valence-corrected chi connectivity index (χ0v) is 14.1. The maximum atomic E-state index is 12.9. The molecule has 1 aliphatic rings. The number of nitrogens with one attached hydrogen (secondary N) is 1. The summed E-state index contributed by atoms with van der Waals surface area (Å²) in [6.07, 6.45) is 3.17. The number of hydrogen-bond acceptors (Lipinski definition) is 6. The van der Waals surface area contributed by atoms with Gasteiger partial charge in [-0.2, -0.15) is 0 Å². The largest absolute Gasteiger partial charge is 0.472 e. The molecule has 2 atom stereocenters. The number of hydroxylamine groups is 1. The lowest BCUT2D eigenvalue weighted by Crippen LogP contribution is -2.47. The molecule has 1 N–H and O–H groups in total. The Hall–Kier alpha value is -1.77. The second-order valence-electron chi connectivity index (χ2n) is 4.85. The number of thioether (sulfide) groups is 1. The summed E-state index contributed by atoms with van der Waals surface area (Å²) < 4.78 is 5.13. The van der Waals surface area contributed by atoms with E-state index in [0.29, 0.717) is 17.2 Å². The average molecular weight is 352 g/mol. The van der Waals surface area contributed by atoms with E-state index in [-0.39, 0.29) is 17.2 Å². The molecule has 3 rings (SSSR count). The zero-order chi connectivity index (χ0) is 16.2. The highest BCUT2D eigenvalue weighted by Crippen LogP contribution is 2.42. The number of rotatable bonds is 5. The summed E-state index contributed by atoms with van der Waals surface area (Å²) in [7, 11) is 0. The Labute approximate surface area is 141 Å². The number of nitrogens with zero attached hydrogens (tertiary/aromatic N) is 1. The molecular formula is C15H16N2O4S2. The maximum absolute atomic E-state index is 12.9. The maximum Gasteiger partial charge on any atom is 0.267 e. The molecule has 0 aromatic carbocycles. The highest BCUT2D eigenvalue weighted by atomic mass is 32.2. The van der Waals surface area contributed by atoms with Crippen molar-refractivity contribution < 1.29 is 18.8 Å². The van der Waals surface area contributed by atoms with Crippen molar-refractivity contribution >= 4 is 34.9 Å². The monoisotopic (exact) mass is 352 g/mol. The number of hydrogen-bond donors (Lipinski definition) is 1. The van der Waals surface area contributed by atoms with Crippen LogP contribution in [0.5, 0.6) is 0 Å². The van der Waals surface area contributed by atoms with Gasteiger partial charge >= 0.3 is 0 Å². The lowest BCUT2D eigenvalue weighted by Gasteiger charge is -2.27. The van der Waals surface area contributed by atoms with Gasteiger partial charge in [-0.05, 0) is 24.4 Å². The van der Waals surface area contributed by atoms with Gasteiger partial charge < -0.3 is 9.32 Å². The Kier molecular flexibility index (Phi) is 5.04. The molecular weight excluding hydrogens is 336 g/mol. The van der Waals surface area contributed by atoms with Gasteiger partial charge in [-0.25, -0.2) is 5.48 Å². The summed E-state index contributed by atoms with van der Waals surface area (Å²) in [5.74, 6) is 0.0365. The molecule has 122 valence electrons. The predicted molar refractivity (Wildman–Crippen MR) is 88.0 cm³/mol. The van der Waals surface area contributed by atoms with Crippen LogP contribution in [0.15, 0.2) is 40.5 Å². The molecule has 6 nitrogen and oxygen atoms in total. The lowest BCUT2D eigenvalue weighted by molar-refractivity contribution is -0.137. The molecule has 2 aromatic rings. The topological polar surface area (TPSA) is 71.8 Å². The Bertz CT molecular complexity index is 657. The third-order valence-electron chi connectivity index (χ3n) is 3.41. The van der Waals surface area contributed by atoms with Crippen molar-refractivity contribution in [3.05, 3.63) is 46.5 Å². The van der Waals surface area contributed by atoms with Gasteiger partial charge in [0, 0.05) is 11.3 Å². The van der Waals surface area contributed by atoms with Crippen LogP contribution in [0, 0.1) is 0 Å². The summed E-state index contributed by atoms with van der Waals surface area (Å²) in [5.41, 5.74) is 3.27. The smallest absolute Gasteiger partial charge is 0.267 e. The fourth-order valence-corrected chi connectivity index (χ4v) is 4.44. The molecule has 1 fully saturated rings. The van der Waals surface area contributed by atoms with E-state index in [0.717, 1.165) is 5.56 Å². The van der Waals surface area contributed by atoms with Crippen LogP contribution in [0.1, 0.15) is 27.5 Å². The molecule has 0 radical (unpaired) electrons. The SMILES string of the molecule is CCONC(=O)C1CSC(c2ccoc2)N1C(=O)c1cccs1. The minimum Gasteiger partial charge on any atom is -0.472 e.